The number of para-hydroxylation sites is 1. The van der Waals surface area contributed by atoms with E-state index in [1.165, 1.54) is 0 Å². The van der Waals surface area contributed by atoms with Crippen LogP contribution in [0.3, 0.4) is 0 Å². The second-order valence-electron chi connectivity index (χ2n) is 7.20. The number of aromatic nitrogens is 1. The van der Waals surface area contributed by atoms with Gasteiger partial charge in [-0.2, -0.15) is 0 Å². The fourth-order valence-corrected chi connectivity index (χ4v) is 5.43. The Kier molecular flexibility index (Phi) is 5.66. The average Bonchev–Trinajstić information content (AvgIpc) is 3.13. The molecule has 0 N–H and O–H groups in total. The maximum absolute atomic E-state index is 12.4. The summed E-state index contributed by atoms with van der Waals surface area (Å²) in [4.78, 5) is 19.0. The number of ether oxygens (including phenoxy) is 2. The van der Waals surface area contributed by atoms with E-state index in [4.69, 9.17) is 9.47 Å². The third kappa shape index (κ3) is 4.27. The fraction of sp³-hybridized carbons (Fsp3) is 0.333. The number of hydrogen-bond acceptors (Lipinski definition) is 8. The lowest BCUT2D eigenvalue weighted by molar-refractivity contribution is -0.149. The summed E-state index contributed by atoms with van der Waals surface area (Å²) in [5.41, 5.74) is 1.80. The number of rotatable bonds is 7. The number of hydrogen-bond donors (Lipinski definition) is 0. The van der Waals surface area contributed by atoms with Crippen LogP contribution in [0.5, 0.6) is 5.75 Å². The fourth-order valence-electron chi connectivity index (χ4n) is 3.21. The first-order valence-corrected chi connectivity index (χ1v) is 12.0. The average molecular weight is 447 g/mol. The first kappa shape index (κ1) is 20.6. The zero-order chi connectivity index (χ0) is 21.3. The van der Waals surface area contributed by atoms with Crippen LogP contribution in [0.4, 0.5) is 5.13 Å². The number of aryl methyl sites for hydroxylation is 1. The van der Waals surface area contributed by atoms with Gasteiger partial charge < -0.3 is 14.4 Å². The Labute approximate surface area is 179 Å². The van der Waals surface area contributed by atoms with Crippen LogP contribution in [0.25, 0.3) is 10.2 Å². The van der Waals surface area contributed by atoms with Crippen molar-refractivity contribution in [3.8, 4) is 5.75 Å². The molecule has 1 saturated heterocycles. The first-order chi connectivity index (χ1) is 14.4. The lowest BCUT2D eigenvalue weighted by Gasteiger charge is -2.38. The Morgan fingerprint density at radius 3 is 2.63 bits per heavy atom. The number of nitrogens with zero attached hydrogens (tertiary/aromatic N) is 2. The highest BCUT2D eigenvalue weighted by atomic mass is 32.2. The summed E-state index contributed by atoms with van der Waals surface area (Å²) in [6, 6.07) is 12.4. The number of benzene rings is 2. The number of fused-ring (bicyclic) bond motifs is 1. The largest absolute Gasteiger partial charge is 0.494 e. The molecular weight excluding hydrogens is 424 g/mol. The van der Waals surface area contributed by atoms with Gasteiger partial charge in [-0.25, -0.2) is 13.4 Å². The van der Waals surface area contributed by atoms with Gasteiger partial charge in [-0.1, -0.05) is 35.1 Å². The highest BCUT2D eigenvalue weighted by Crippen LogP contribution is 2.35. The van der Waals surface area contributed by atoms with Crippen molar-refractivity contribution < 1.29 is 22.7 Å². The third-order valence-electron chi connectivity index (χ3n) is 4.96. The molecule has 1 aliphatic heterocycles. The summed E-state index contributed by atoms with van der Waals surface area (Å²) in [6.45, 7) is 2.97. The van der Waals surface area contributed by atoms with E-state index < -0.39 is 15.8 Å². The molecule has 0 radical (unpaired) electrons. The van der Waals surface area contributed by atoms with Crippen molar-refractivity contribution in [2.45, 2.75) is 24.3 Å². The summed E-state index contributed by atoms with van der Waals surface area (Å²) in [7, 11) is -1.89. The summed E-state index contributed by atoms with van der Waals surface area (Å²) < 4.78 is 36.5. The van der Waals surface area contributed by atoms with Crippen LogP contribution >= 0.6 is 11.3 Å². The molecule has 2 aromatic carbocycles. The Balaban J connectivity index is 1.29. The minimum atomic E-state index is -3.50. The molecule has 0 atom stereocenters. The minimum absolute atomic E-state index is 0.162. The Morgan fingerprint density at radius 1 is 1.20 bits per heavy atom. The molecule has 0 unspecified atom stereocenters. The number of carbonyl (C=O) groups is 1. The maximum atomic E-state index is 12.4. The van der Waals surface area contributed by atoms with Gasteiger partial charge in [-0.3, -0.25) is 4.79 Å². The van der Waals surface area contributed by atoms with Crippen LogP contribution in [0.15, 0.2) is 47.4 Å². The smallest absolute Gasteiger partial charge is 0.307 e. The minimum Gasteiger partial charge on any atom is -0.494 e. The zero-order valence-corrected chi connectivity index (χ0v) is 18.3. The number of sulfone groups is 1. The molecule has 7 nitrogen and oxygen atoms in total. The van der Waals surface area contributed by atoms with Gasteiger partial charge in [-0.05, 0) is 31.2 Å². The van der Waals surface area contributed by atoms with E-state index in [1.54, 1.807) is 42.7 Å². The molecule has 3 aromatic rings. The standard InChI is InChI=1S/C21H22N2O5S2/c1-14-6-8-16(9-7-14)30(25,26)11-10-19(24)28-15-12-23(13-15)21-22-20-17(27-2)4-3-5-18(20)29-21/h3-9,15H,10-13H2,1-2H3. The van der Waals surface area contributed by atoms with Crippen molar-refractivity contribution in [3.05, 3.63) is 48.0 Å². The molecule has 2 heterocycles. The van der Waals surface area contributed by atoms with E-state index in [9.17, 15) is 13.2 Å². The summed E-state index contributed by atoms with van der Waals surface area (Å²) in [6.07, 6.45) is -0.418. The van der Waals surface area contributed by atoms with E-state index in [0.29, 0.717) is 13.1 Å². The third-order valence-corrected chi connectivity index (χ3v) is 7.78. The lowest BCUT2D eigenvalue weighted by Crippen LogP contribution is -2.53. The Morgan fingerprint density at radius 2 is 1.93 bits per heavy atom. The van der Waals surface area contributed by atoms with Crippen molar-refractivity contribution in [2.75, 3.05) is 30.9 Å². The van der Waals surface area contributed by atoms with Gasteiger partial charge in [-0.15, -0.1) is 0 Å². The van der Waals surface area contributed by atoms with Gasteiger partial charge in [0.2, 0.25) is 0 Å². The zero-order valence-electron chi connectivity index (χ0n) is 16.7. The van der Waals surface area contributed by atoms with Crippen molar-refractivity contribution in [2.24, 2.45) is 0 Å². The second kappa shape index (κ2) is 8.23. The molecule has 9 heteroatoms. The van der Waals surface area contributed by atoms with Crippen LogP contribution in [-0.4, -0.2) is 51.4 Å². The van der Waals surface area contributed by atoms with Gasteiger partial charge in [0.25, 0.3) is 0 Å². The number of thiazole rings is 1. The molecule has 0 aliphatic carbocycles. The number of esters is 1. The predicted molar refractivity (Wildman–Crippen MR) is 116 cm³/mol. The van der Waals surface area contributed by atoms with E-state index in [-0.39, 0.29) is 23.2 Å². The highest BCUT2D eigenvalue weighted by Gasteiger charge is 2.32. The molecule has 158 valence electrons. The molecule has 1 aromatic heterocycles. The summed E-state index contributed by atoms with van der Waals surface area (Å²) in [5.74, 6) is -0.0298. The number of methoxy groups -OCH3 is 1. The predicted octanol–water partition coefficient (Wildman–Crippen LogP) is 3.21. The Bertz CT molecular complexity index is 1170. The molecular formula is C21H22N2O5S2. The van der Waals surface area contributed by atoms with Gasteiger partial charge in [0, 0.05) is 0 Å². The van der Waals surface area contributed by atoms with Crippen molar-refractivity contribution in [1.82, 2.24) is 4.98 Å². The van der Waals surface area contributed by atoms with Crippen LogP contribution in [0.1, 0.15) is 12.0 Å². The van der Waals surface area contributed by atoms with E-state index >= 15 is 0 Å². The lowest BCUT2D eigenvalue weighted by atomic mass is 10.2. The first-order valence-electron chi connectivity index (χ1n) is 9.53. The highest BCUT2D eigenvalue weighted by molar-refractivity contribution is 7.91. The summed E-state index contributed by atoms with van der Waals surface area (Å²) >= 11 is 1.56. The van der Waals surface area contributed by atoms with Gasteiger partial charge in [0.1, 0.15) is 17.4 Å². The molecule has 4 rings (SSSR count). The number of carbonyl (C=O) groups excluding carboxylic acids is 1. The Hall–Kier alpha value is -2.65. The quantitative estimate of drug-likeness (QED) is 0.515. The van der Waals surface area contributed by atoms with E-state index in [1.807, 2.05) is 30.0 Å². The molecule has 1 aliphatic rings. The second-order valence-corrected chi connectivity index (χ2v) is 10.3. The molecule has 30 heavy (non-hydrogen) atoms. The van der Waals surface area contributed by atoms with Crippen LogP contribution in [-0.2, 0) is 19.4 Å². The molecule has 0 spiro atoms. The summed E-state index contributed by atoms with van der Waals surface area (Å²) in [5, 5.41) is 0.851. The van der Waals surface area contributed by atoms with Crippen LogP contribution in [0, 0.1) is 6.92 Å². The molecule has 0 saturated carbocycles. The molecule has 1 fully saturated rings. The monoisotopic (exact) mass is 446 g/mol. The topological polar surface area (TPSA) is 85.8 Å². The van der Waals surface area contributed by atoms with Crippen LogP contribution in [0.2, 0.25) is 0 Å². The van der Waals surface area contributed by atoms with Gasteiger partial charge in [0.05, 0.1) is 42.0 Å². The van der Waals surface area contributed by atoms with Gasteiger partial charge in [0.15, 0.2) is 15.0 Å². The van der Waals surface area contributed by atoms with Crippen molar-refractivity contribution >= 4 is 42.5 Å². The van der Waals surface area contributed by atoms with Crippen LogP contribution < -0.4 is 9.64 Å². The van der Waals surface area contributed by atoms with E-state index in [0.717, 1.165) is 26.7 Å². The van der Waals surface area contributed by atoms with Crippen molar-refractivity contribution in [3.63, 3.8) is 0 Å². The van der Waals surface area contributed by atoms with Crippen molar-refractivity contribution in [1.29, 1.82) is 0 Å². The SMILES string of the molecule is COc1cccc2sc(N3CC(OC(=O)CCS(=O)(=O)c4ccc(C)cc4)C3)nc12. The van der Waals surface area contributed by atoms with Gasteiger partial charge >= 0.3 is 5.97 Å². The molecule has 0 amide bonds. The van der Waals surface area contributed by atoms with E-state index in [2.05, 4.69) is 4.98 Å². The molecule has 0 bridgehead atoms. The number of anilines is 1. The normalized spacial score (nSPS) is 14.5. The maximum Gasteiger partial charge on any atom is 0.307 e.